The molecule has 0 heterocycles. The Labute approximate surface area is 118 Å². The molecular formula is C16H17NO3. The Morgan fingerprint density at radius 3 is 2.25 bits per heavy atom. The Hall–Kier alpha value is -2.17. The van der Waals surface area contributed by atoms with Crippen LogP contribution < -0.4 is 5.48 Å². The number of carboxylic acids is 1. The van der Waals surface area contributed by atoms with Crippen LogP contribution in [0, 0.1) is 0 Å². The van der Waals surface area contributed by atoms with Gasteiger partial charge in [0, 0.05) is 6.54 Å². The number of benzene rings is 2. The molecule has 0 aliphatic carbocycles. The quantitative estimate of drug-likeness (QED) is 0.600. The first-order valence-corrected chi connectivity index (χ1v) is 6.43. The summed E-state index contributed by atoms with van der Waals surface area (Å²) in [4.78, 5) is 16.6. The zero-order valence-electron chi connectivity index (χ0n) is 11.0. The first kappa shape index (κ1) is 14.2. The molecule has 0 radical (unpaired) electrons. The predicted octanol–water partition coefficient (Wildman–Crippen LogP) is 2.58. The molecule has 0 fully saturated rings. The summed E-state index contributed by atoms with van der Waals surface area (Å²) in [6.45, 7) is 0.633. The topological polar surface area (TPSA) is 58.6 Å². The minimum atomic E-state index is -0.869. The van der Waals surface area contributed by atoms with Gasteiger partial charge in [0.05, 0.1) is 12.5 Å². The summed E-state index contributed by atoms with van der Waals surface area (Å²) in [5.41, 5.74) is 4.53. The highest BCUT2D eigenvalue weighted by atomic mass is 16.6. The van der Waals surface area contributed by atoms with Crippen molar-refractivity contribution in [1.29, 1.82) is 0 Å². The van der Waals surface area contributed by atoms with Crippen LogP contribution in [0.2, 0.25) is 0 Å². The molecule has 2 aromatic rings. The minimum absolute atomic E-state index is 0.228. The van der Waals surface area contributed by atoms with E-state index in [-0.39, 0.29) is 6.54 Å². The van der Waals surface area contributed by atoms with Gasteiger partial charge in [-0.15, -0.1) is 0 Å². The molecule has 104 valence electrons. The molecular weight excluding hydrogens is 254 g/mol. The molecule has 0 aliphatic heterocycles. The summed E-state index contributed by atoms with van der Waals surface area (Å²) < 4.78 is 0. The van der Waals surface area contributed by atoms with E-state index < -0.39 is 11.9 Å². The largest absolute Gasteiger partial charge is 0.481 e. The fraction of sp³-hybridized carbons (Fsp3) is 0.188. The van der Waals surface area contributed by atoms with E-state index in [0.717, 1.165) is 11.1 Å². The van der Waals surface area contributed by atoms with E-state index in [9.17, 15) is 9.90 Å². The minimum Gasteiger partial charge on any atom is -0.481 e. The van der Waals surface area contributed by atoms with Crippen molar-refractivity contribution in [3.8, 4) is 0 Å². The van der Waals surface area contributed by atoms with E-state index in [1.807, 2.05) is 48.5 Å². The van der Waals surface area contributed by atoms with Crippen LogP contribution in [0.5, 0.6) is 0 Å². The van der Waals surface area contributed by atoms with E-state index in [1.54, 1.807) is 12.1 Å². The van der Waals surface area contributed by atoms with Crippen LogP contribution in [0.15, 0.2) is 60.7 Å². The molecule has 0 bridgehead atoms. The molecule has 0 amide bonds. The Balaban J connectivity index is 1.83. The number of hydrogen-bond acceptors (Lipinski definition) is 3. The van der Waals surface area contributed by atoms with Crippen LogP contribution in [-0.2, 0) is 16.2 Å². The second kappa shape index (κ2) is 7.43. The van der Waals surface area contributed by atoms with Gasteiger partial charge in [0.2, 0.25) is 0 Å². The lowest BCUT2D eigenvalue weighted by Crippen LogP contribution is -2.27. The molecule has 0 aliphatic rings. The number of nitrogens with one attached hydrogen (secondary N) is 1. The van der Waals surface area contributed by atoms with Crippen molar-refractivity contribution in [2.75, 3.05) is 6.54 Å². The standard InChI is InChI=1S/C16H17NO3/c18-16(19)15(14-9-5-2-6-10-14)11-17-20-12-13-7-3-1-4-8-13/h1-10,15,17H,11-12H2,(H,18,19). The molecule has 4 heteroatoms. The van der Waals surface area contributed by atoms with Gasteiger partial charge in [-0.05, 0) is 11.1 Å². The number of aliphatic carboxylic acids is 1. The Morgan fingerprint density at radius 1 is 1.05 bits per heavy atom. The molecule has 1 atom stereocenters. The van der Waals surface area contributed by atoms with E-state index in [2.05, 4.69) is 5.48 Å². The van der Waals surface area contributed by atoms with Crippen LogP contribution in [-0.4, -0.2) is 17.6 Å². The lowest BCUT2D eigenvalue weighted by molar-refractivity contribution is -0.139. The van der Waals surface area contributed by atoms with Gasteiger partial charge >= 0.3 is 5.97 Å². The zero-order chi connectivity index (χ0) is 14.2. The second-order valence-corrected chi connectivity index (χ2v) is 4.42. The zero-order valence-corrected chi connectivity index (χ0v) is 11.0. The molecule has 2 rings (SSSR count). The monoisotopic (exact) mass is 271 g/mol. The number of hydrogen-bond donors (Lipinski definition) is 2. The maximum atomic E-state index is 11.3. The van der Waals surface area contributed by atoms with Crippen molar-refractivity contribution < 1.29 is 14.7 Å². The number of rotatable bonds is 7. The van der Waals surface area contributed by atoms with Crippen LogP contribution in [0.25, 0.3) is 0 Å². The summed E-state index contributed by atoms with van der Waals surface area (Å²) in [7, 11) is 0. The molecule has 0 saturated carbocycles. The third-order valence-corrected chi connectivity index (χ3v) is 2.97. The Kier molecular flexibility index (Phi) is 5.29. The SMILES string of the molecule is O=C(O)C(CNOCc1ccccc1)c1ccccc1. The van der Waals surface area contributed by atoms with Crippen LogP contribution in [0.3, 0.4) is 0 Å². The van der Waals surface area contributed by atoms with Crippen LogP contribution in [0.1, 0.15) is 17.0 Å². The maximum absolute atomic E-state index is 11.3. The van der Waals surface area contributed by atoms with Gasteiger partial charge in [-0.25, -0.2) is 5.48 Å². The van der Waals surface area contributed by atoms with E-state index >= 15 is 0 Å². The van der Waals surface area contributed by atoms with E-state index in [1.165, 1.54) is 0 Å². The fourth-order valence-corrected chi connectivity index (χ4v) is 1.88. The lowest BCUT2D eigenvalue weighted by Gasteiger charge is -2.13. The van der Waals surface area contributed by atoms with Gasteiger partial charge in [0.15, 0.2) is 0 Å². The number of carboxylic acid groups (broad SMARTS) is 1. The molecule has 2 aromatic carbocycles. The van der Waals surface area contributed by atoms with Crippen LogP contribution in [0.4, 0.5) is 0 Å². The van der Waals surface area contributed by atoms with Gasteiger partial charge in [-0.3, -0.25) is 9.63 Å². The summed E-state index contributed by atoms with van der Waals surface area (Å²) >= 11 is 0. The second-order valence-electron chi connectivity index (χ2n) is 4.42. The van der Waals surface area contributed by atoms with Gasteiger partial charge in [-0.2, -0.15) is 0 Å². The van der Waals surface area contributed by atoms with E-state index in [4.69, 9.17) is 4.84 Å². The third kappa shape index (κ3) is 4.19. The van der Waals surface area contributed by atoms with Crippen molar-refractivity contribution in [2.45, 2.75) is 12.5 Å². The molecule has 4 nitrogen and oxygen atoms in total. The number of carbonyl (C=O) groups is 1. The Bertz CT molecular complexity index is 528. The first-order chi connectivity index (χ1) is 9.77. The van der Waals surface area contributed by atoms with Gasteiger partial charge in [-0.1, -0.05) is 60.7 Å². The smallest absolute Gasteiger partial charge is 0.312 e. The maximum Gasteiger partial charge on any atom is 0.312 e. The molecule has 0 spiro atoms. The highest BCUT2D eigenvalue weighted by Gasteiger charge is 2.19. The van der Waals surface area contributed by atoms with Gasteiger partial charge in [0.1, 0.15) is 0 Å². The third-order valence-electron chi connectivity index (χ3n) is 2.97. The lowest BCUT2D eigenvalue weighted by atomic mass is 10.00. The fourth-order valence-electron chi connectivity index (χ4n) is 1.88. The van der Waals surface area contributed by atoms with Crippen molar-refractivity contribution in [2.24, 2.45) is 0 Å². The molecule has 1 unspecified atom stereocenters. The van der Waals surface area contributed by atoms with E-state index in [0.29, 0.717) is 6.61 Å². The summed E-state index contributed by atoms with van der Waals surface area (Å²) in [5.74, 6) is -1.49. The molecule has 2 N–H and O–H groups in total. The molecule has 20 heavy (non-hydrogen) atoms. The first-order valence-electron chi connectivity index (χ1n) is 6.43. The van der Waals surface area contributed by atoms with Crippen molar-refractivity contribution in [3.05, 3.63) is 71.8 Å². The Morgan fingerprint density at radius 2 is 1.65 bits per heavy atom. The highest BCUT2D eigenvalue weighted by Crippen LogP contribution is 2.14. The summed E-state index contributed by atoms with van der Waals surface area (Å²) in [6, 6.07) is 18.8. The van der Waals surface area contributed by atoms with Crippen molar-refractivity contribution in [3.63, 3.8) is 0 Å². The predicted molar refractivity (Wildman–Crippen MR) is 76.1 cm³/mol. The van der Waals surface area contributed by atoms with Crippen molar-refractivity contribution >= 4 is 5.97 Å². The van der Waals surface area contributed by atoms with Crippen LogP contribution >= 0.6 is 0 Å². The highest BCUT2D eigenvalue weighted by molar-refractivity contribution is 5.76. The average molecular weight is 271 g/mol. The number of hydroxylamine groups is 1. The summed E-state index contributed by atoms with van der Waals surface area (Å²) in [6.07, 6.45) is 0. The van der Waals surface area contributed by atoms with Gasteiger partial charge in [0.25, 0.3) is 0 Å². The molecule has 0 aromatic heterocycles. The average Bonchev–Trinajstić information content (AvgIpc) is 2.49. The normalized spacial score (nSPS) is 12.0. The van der Waals surface area contributed by atoms with Gasteiger partial charge < -0.3 is 5.11 Å². The van der Waals surface area contributed by atoms with Crippen molar-refractivity contribution in [1.82, 2.24) is 5.48 Å². The summed E-state index contributed by atoms with van der Waals surface area (Å²) in [5, 5.41) is 9.25. The molecule has 0 saturated heterocycles.